The number of oxazole rings is 1. The molecular formula is C51H33N3O2. The summed E-state index contributed by atoms with van der Waals surface area (Å²) in [5.41, 5.74) is 10.3. The van der Waals surface area contributed by atoms with Crippen molar-refractivity contribution in [3.8, 4) is 11.5 Å². The summed E-state index contributed by atoms with van der Waals surface area (Å²) in [6.07, 6.45) is 0. The highest BCUT2D eigenvalue weighted by atomic mass is 16.4. The van der Waals surface area contributed by atoms with Crippen LogP contribution < -0.4 is 9.80 Å². The number of rotatable bonds is 7. The van der Waals surface area contributed by atoms with Gasteiger partial charge in [0, 0.05) is 55.5 Å². The van der Waals surface area contributed by atoms with Crippen LogP contribution in [0.5, 0.6) is 0 Å². The number of anilines is 6. The number of aromatic nitrogens is 1. The summed E-state index contributed by atoms with van der Waals surface area (Å²) in [6, 6.07) is 69.9. The minimum Gasteiger partial charge on any atom is -0.454 e. The number of nitrogens with zero attached hydrogens (tertiary/aromatic N) is 3. The van der Waals surface area contributed by atoms with E-state index >= 15 is 0 Å². The van der Waals surface area contributed by atoms with Crippen LogP contribution >= 0.6 is 0 Å². The molecule has 0 bridgehead atoms. The van der Waals surface area contributed by atoms with Gasteiger partial charge in [-0.1, -0.05) is 103 Å². The zero-order valence-corrected chi connectivity index (χ0v) is 30.2. The molecule has 0 spiro atoms. The highest BCUT2D eigenvalue weighted by molar-refractivity contribution is 6.31. The molecule has 5 nitrogen and oxygen atoms in total. The number of furan rings is 1. The van der Waals surface area contributed by atoms with Crippen LogP contribution in [-0.2, 0) is 0 Å². The van der Waals surface area contributed by atoms with Crippen LogP contribution in [0.25, 0.3) is 66.0 Å². The molecule has 11 aromatic rings. The van der Waals surface area contributed by atoms with Crippen LogP contribution in [0.1, 0.15) is 0 Å². The van der Waals surface area contributed by atoms with E-state index < -0.39 is 0 Å². The Morgan fingerprint density at radius 1 is 0.375 bits per heavy atom. The molecule has 0 unspecified atom stereocenters. The highest BCUT2D eigenvalue weighted by Gasteiger charge is 2.23. The molecule has 56 heavy (non-hydrogen) atoms. The monoisotopic (exact) mass is 719 g/mol. The predicted molar refractivity (Wildman–Crippen MR) is 231 cm³/mol. The number of hydrogen-bond acceptors (Lipinski definition) is 5. The van der Waals surface area contributed by atoms with E-state index in [0.29, 0.717) is 11.5 Å². The summed E-state index contributed by atoms with van der Waals surface area (Å²) in [4.78, 5) is 9.65. The predicted octanol–water partition coefficient (Wildman–Crippen LogP) is 14.6. The van der Waals surface area contributed by atoms with Crippen LogP contribution in [0.3, 0.4) is 0 Å². The first-order chi connectivity index (χ1) is 27.8. The number of benzene rings is 9. The SMILES string of the molecule is c1ccc(-c2nc3c(ccc4c3oc3ccc5c(N(c6ccccc6)c6cccc(N(c7ccccc7)c7ccccc7)c6)cc6ccccc6c5c34)o2)cc1. The van der Waals surface area contributed by atoms with Crippen molar-refractivity contribution in [3.63, 3.8) is 0 Å². The molecule has 0 saturated heterocycles. The summed E-state index contributed by atoms with van der Waals surface area (Å²) in [7, 11) is 0. The van der Waals surface area contributed by atoms with Crippen molar-refractivity contribution in [1.29, 1.82) is 0 Å². The molecule has 0 saturated carbocycles. The Bertz CT molecular complexity index is 3150. The van der Waals surface area contributed by atoms with Gasteiger partial charge in [-0.3, -0.25) is 0 Å². The molecule has 9 aromatic carbocycles. The van der Waals surface area contributed by atoms with Gasteiger partial charge < -0.3 is 18.6 Å². The van der Waals surface area contributed by atoms with Gasteiger partial charge in [-0.15, -0.1) is 0 Å². The second kappa shape index (κ2) is 13.0. The molecule has 0 N–H and O–H groups in total. The summed E-state index contributed by atoms with van der Waals surface area (Å²) < 4.78 is 13.0. The van der Waals surface area contributed by atoms with Crippen LogP contribution in [0, 0.1) is 0 Å². The first-order valence-corrected chi connectivity index (χ1v) is 18.8. The number of hydrogen-bond donors (Lipinski definition) is 0. The fourth-order valence-corrected chi connectivity index (χ4v) is 8.15. The Labute approximate surface area is 322 Å². The topological polar surface area (TPSA) is 45.7 Å². The smallest absolute Gasteiger partial charge is 0.227 e. The molecule has 0 aliphatic carbocycles. The van der Waals surface area contributed by atoms with Crippen molar-refractivity contribution in [2.75, 3.05) is 9.80 Å². The van der Waals surface area contributed by atoms with Gasteiger partial charge in [-0.25, -0.2) is 4.98 Å². The molecule has 0 amide bonds. The largest absolute Gasteiger partial charge is 0.454 e. The molecule has 0 radical (unpaired) electrons. The molecule has 0 aliphatic heterocycles. The van der Waals surface area contributed by atoms with Crippen LogP contribution in [0.15, 0.2) is 209 Å². The number of para-hydroxylation sites is 3. The van der Waals surface area contributed by atoms with Gasteiger partial charge in [-0.2, -0.15) is 0 Å². The summed E-state index contributed by atoms with van der Waals surface area (Å²) >= 11 is 0. The van der Waals surface area contributed by atoms with Crippen LogP contribution in [-0.4, -0.2) is 4.98 Å². The lowest BCUT2D eigenvalue weighted by molar-refractivity contribution is 0.620. The molecule has 264 valence electrons. The minimum atomic E-state index is 0.574. The first kappa shape index (κ1) is 31.9. The van der Waals surface area contributed by atoms with Gasteiger partial charge in [-0.05, 0) is 108 Å². The van der Waals surface area contributed by atoms with E-state index in [1.807, 2.05) is 36.4 Å². The lowest BCUT2D eigenvalue weighted by atomic mass is 9.95. The molecule has 2 aromatic heterocycles. The van der Waals surface area contributed by atoms with Crippen molar-refractivity contribution in [2.45, 2.75) is 0 Å². The molecule has 11 rings (SSSR count). The lowest BCUT2D eigenvalue weighted by Crippen LogP contribution is -2.13. The zero-order valence-electron chi connectivity index (χ0n) is 30.2. The van der Waals surface area contributed by atoms with E-state index in [-0.39, 0.29) is 0 Å². The maximum absolute atomic E-state index is 6.73. The van der Waals surface area contributed by atoms with E-state index in [1.165, 1.54) is 0 Å². The summed E-state index contributed by atoms with van der Waals surface area (Å²) in [6.45, 7) is 0. The first-order valence-electron chi connectivity index (χ1n) is 18.8. The molecule has 0 fully saturated rings. The second-order valence-corrected chi connectivity index (χ2v) is 14.0. The maximum atomic E-state index is 6.73. The number of fused-ring (bicyclic) bond motifs is 9. The maximum Gasteiger partial charge on any atom is 0.227 e. The Morgan fingerprint density at radius 2 is 0.929 bits per heavy atom. The van der Waals surface area contributed by atoms with Gasteiger partial charge in [0.25, 0.3) is 0 Å². The summed E-state index contributed by atoms with van der Waals surface area (Å²) in [5.74, 6) is 0.574. The molecule has 2 heterocycles. The second-order valence-electron chi connectivity index (χ2n) is 14.0. The normalized spacial score (nSPS) is 11.6. The van der Waals surface area contributed by atoms with E-state index in [4.69, 9.17) is 13.8 Å². The van der Waals surface area contributed by atoms with Gasteiger partial charge in [0.15, 0.2) is 16.7 Å². The van der Waals surface area contributed by atoms with Crippen molar-refractivity contribution >= 4 is 88.7 Å². The van der Waals surface area contributed by atoms with E-state index in [9.17, 15) is 0 Å². The average molecular weight is 720 g/mol. The van der Waals surface area contributed by atoms with Crippen molar-refractivity contribution < 1.29 is 8.83 Å². The fourth-order valence-electron chi connectivity index (χ4n) is 8.15. The Kier molecular flexibility index (Phi) is 7.42. The third-order valence-electron chi connectivity index (χ3n) is 10.6. The standard InChI is InChI=1S/C51H33N3O2/c1-5-16-34(17-6-1)51-52-49-46(56-51)31-29-43-48-45(55-50(43)49)30-28-42-44(32-35-18-13-14-27-41(35)47(42)48)54(38-23-11-4-12-24-38)40-26-15-25-39(33-40)53(36-19-7-2-8-20-36)37-21-9-3-10-22-37/h1-33H. The van der Waals surface area contributed by atoms with Crippen molar-refractivity contribution in [2.24, 2.45) is 0 Å². The Balaban J connectivity index is 1.17. The third kappa shape index (κ3) is 5.21. The van der Waals surface area contributed by atoms with E-state index in [1.54, 1.807) is 0 Å². The van der Waals surface area contributed by atoms with E-state index in [0.717, 1.165) is 88.7 Å². The Morgan fingerprint density at radius 3 is 1.62 bits per heavy atom. The summed E-state index contributed by atoms with van der Waals surface area (Å²) in [5, 5.41) is 6.60. The molecule has 0 aliphatic rings. The molecule has 0 atom stereocenters. The third-order valence-corrected chi connectivity index (χ3v) is 10.6. The van der Waals surface area contributed by atoms with Gasteiger partial charge in [0.1, 0.15) is 5.58 Å². The zero-order chi connectivity index (χ0) is 37.0. The fraction of sp³-hybridized carbons (Fsp3) is 0. The molecule has 5 heteroatoms. The van der Waals surface area contributed by atoms with Gasteiger partial charge in [0.2, 0.25) is 5.89 Å². The highest BCUT2D eigenvalue weighted by Crippen LogP contribution is 2.48. The lowest BCUT2D eigenvalue weighted by Gasteiger charge is -2.30. The van der Waals surface area contributed by atoms with E-state index in [2.05, 4.69) is 174 Å². The quantitative estimate of drug-likeness (QED) is 0.153. The van der Waals surface area contributed by atoms with Gasteiger partial charge >= 0.3 is 0 Å². The minimum absolute atomic E-state index is 0.574. The van der Waals surface area contributed by atoms with Crippen molar-refractivity contribution in [1.82, 2.24) is 4.98 Å². The molecular weight excluding hydrogens is 687 g/mol. The Hall–Kier alpha value is -7.63. The average Bonchev–Trinajstić information content (AvgIpc) is 3.88. The van der Waals surface area contributed by atoms with Crippen LogP contribution in [0.2, 0.25) is 0 Å². The van der Waals surface area contributed by atoms with Crippen LogP contribution in [0.4, 0.5) is 34.1 Å². The van der Waals surface area contributed by atoms with Gasteiger partial charge in [0.05, 0.1) is 5.69 Å². The van der Waals surface area contributed by atoms with Crippen molar-refractivity contribution in [3.05, 3.63) is 200 Å².